The highest BCUT2D eigenvalue weighted by Crippen LogP contribution is 2.20. The minimum atomic E-state index is -0.847. The number of thioether (sulfide) groups is 1. The van der Waals surface area contributed by atoms with Gasteiger partial charge in [0.25, 0.3) is 0 Å². The van der Waals surface area contributed by atoms with Crippen LogP contribution in [0.4, 0.5) is 0 Å². The third kappa shape index (κ3) is 3.99. The van der Waals surface area contributed by atoms with Gasteiger partial charge in [-0.2, -0.15) is 11.8 Å². The Bertz CT molecular complexity index is 435. The Morgan fingerprint density at radius 3 is 3.00 bits per heavy atom. The zero-order valence-corrected chi connectivity index (χ0v) is 11.4. The van der Waals surface area contributed by atoms with Gasteiger partial charge in [0.1, 0.15) is 0 Å². The molecule has 0 bridgehead atoms. The van der Waals surface area contributed by atoms with Crippen LogP contribution in [0.2, 0.25) is 0 Å². The fraction of sp³-hybridized carbons (Fsp3) is 0.583. The summed E-state index contributed by atoms with van der Waals surface area (Å²) >= 11 is 1.71. The molecule has 1 atom stereocenters. The average molecular weight is 283 g/mol. The zero-order chi connectivity index (χ0) is 13.7. The van der Waals surface area contributed by atoms with E-state index in [0.29, 0.717) is 25.3 Å². The molecule has 1 unspecified atom stereocenters. The van der Waals surface area contributed by atoms with Crippen molar-refractivity contribution in [2.24, 2.45) is 0 Å². The number of imidazole rings is 1. The average Bonchev–Trinajstić information content (AvgIpc) is 2.89. The van der Waals surface area contributed by atoms with Crippen LogP contribution in [0, 0.1) is 0 Å². The Labute approximate surface area is 115 Å². The Hall–Kier alpha value is -1.50. The summed E-state index contributed by atoms with van der Waals surface area (Å²) in [7, 11) is 0. The minimum absolute atomic E-state index is 0.0280. The van der Waals surface area contributed by atoms with Gasteiger partial charge in [0.15, 0.2) is 0 Å². The zero-order valence-electron chi connectivity index (χ0n) is 10.6. The number of rotatable bonds is 5. The number of nitrogens with zero attached hydrogens (tertiary/aromatic N) is 3. The first-order chi connectivity index (χ1) is 9.16. The summed E-state index contributed by atoms with van der Waals surface area (Å²) in [5.74, 6) is 0.774. The lowest BCUT2D eigenvalue weighted by Gasteiger charge is -2.34. The molecule has 1 amide bonds. The number of aromatic nitrogens is 2. The van der Waals surface area contributed by atoms with Crippen LogP contribution < -0.4 is 0 Å². The summed E-state index contributed by atoms with van der Waals surface area (Å²) in [6, 6.07) is -0.175. The molecule has 0 aliphatic carbocycles. The van der Waals surface area contributed by atoms with Crippen LogP contribution in [0.15, 0.2) is 18.7 Å². The molecule has 1 N–H and O–H groups in total. The second-order valence-electron chi connectivity index (χ2n) is 4.46. The fourth-order valence-corrected chi connectivity index (χ4v) is 3.20. The Morgan fingerprint density at radius 2 is 2.32 bits per heavy atom. The molecular formula is C12H17N3O3S. The number of aryl methyl sites for hydroxylation is 1. The summed E-state index contributed by atoms with van der Waals surface area (Å²) < 4.78 is 1.85. The van der Waals surface area contributed by atoms with Crippen molar-refractivity contribution in [1.29, 1.82) is 0 Å². The number of hydrogen-bond donors (Lipinski definition) is 1. The second kappa shape index (κ2) is 6.60. The van der Waals surface area contributed by atoms with E-state index in [9.17, 15) is 9.59 Å². The quantitative estimate of drug-likeness (QED) is 0.860. The summed E-state index contributed by atoms with van der Waals surface area (Å²) in [6.45, 7) is 1.23. The van der Waals surface area contributed by atoms with Crippen molar-refractivity contribution in [1.82, 2.24) is 14.5 Å². The van der Waals surface area contributed by atoms with E-state index in [-0.39, 0.29) is 18.4 Å². The van der Waals surface area contributed by atoms with Crippen molar-refractivity contribution in [2.45, 2.75) is 25.4 Å². The van der Waals surface area contributed by atoms with Crippen molar-refractivity contribution in [3.05, 3.63) is 18.7 Å². The number of carbonyl (C=O) groups is 2. The Kier molecular flexibility index (Phi) is 4.84. The van der Waals surface area contributed by atoms with Crippen molar-refractivity contribution in [2.75, 3.05) is 18.1 Å². The molecule has 1 aromatic rings. The number of carboxylic acids is 1. The molecule has 2 rings (SSSR count). The van der Waals surface area contributed by atoms with Crippen LogP contribution in [0.25, 0.3) is 0 Å². The molecule has 2 heterocycles. The predicted molar refractivity (Wildman–Crippen MR) is 71.9 cm³/mol. The van der Waals surface area contributed by atoms with Gasteiger partial charge in [-0.05, 0) is 0 Å². The molecule has 0 aromatic carbocycles. The third-order valence-electron chi connectivity index (χ3n) is 3.10. The topological polar surface area (TPSA) is 75.4 Å². The minimum Gasteiger partial charge on any atom is -0.481 e. The SMILES string of the molecule is O=C(O)CC1CSCCN1C(=O)CCn1ccnc1. The highest BCUT2D eigenvalue weighted by atomic mass is 32.2. The molecule has 1 aliphatic rings. The normalized spacial score (nSPS) is 19.4. The van der Waals surface area contributed by atoms with Gasteiger partial charge < -0.3 is 14.6 Å². The van der Waals surface area contributed by atoms with E-state index in [0.717, 1.165) is 5.75 Å². The van der Waals surface area contributed by atoms with Crippen LogP contribution >= 0.6 is 11.8 Å². The standard InChI is InChI=1S/C12H17N3O3S/c16-11(1-3-14-4-2-13-9-14)15-5-6-19-8-10(15)7-12(17)18/h2,4,9-10H,1,3,5-8H2,(H,17,18). The van der Waals surface area contributed by atoms with Gasteiger partial charge in [-0.1, -0.05) is 0 Å². The molecule has 0 radical (unpaired) electrons. The van der Waals surface area contributed by atoms with E-state index in [1.54, 1.807) is 29.2 Å². The molecule has 0 spiro atoms. The maximum Gasteiger partial charge on any atom is 0.305 e. The molecular weight excluding hydrogens is 266 g/mol. The van der Waals surface area contributed by atoms with E-state index < -0.39 is 5.97 Å². The monoisotopic (exact) mass is 283 g/mol. The third-order valence-corrected chi connectivity index (χ3v) is 4.19. The molecule has 19 heavy (non-hydrogen) atoms. The number of carboxylic acid groups (broad SMARTS) is 1. The summed E-state index contributed by atoms with van der Waals surface area (Å²) in [5.41, 5.74) is 0. The lowest BCUT2D eigenvalue weighted by molar-refractivity contribution is -0.140. The number of aliphatic carboxylic acids is 1. The van der Waals surface area contributed by atoms with Crippen LogP contribution in [-0.2, 0) is 16.1 Å². The van der Waals surface area contributed by atoms with Crippen LogP contribution in [-0.4, -0.2) is 55.5 Å². The summed E-state index contributed by atoms with van der Waals surface area (Å²) in [6.07, 6.45) is 5.58. The maximum atomic E-state index is 12.2. The molecule has 0 saturated carbocycles. The Balaban J connectivity index is 1.89. The van der Waals surface area contributed by atoms with Gasteiger partial charge in [0, 0.05) is 43.4 Å². The van der Waals surface area contributed by atoms with E-state index in [1.165, 1.54) is 0 Å². The van der Waals surface area contributed by atoms with Gasteiger partial charge in [0.2, 0.25) is 5.91 Å². The van der Waals surface area contributed by atoms with Crippen LogP contribution in [0.1, 0.15) is 12.8 Å². The van der Waals surface area contributed by atoms with Gasteiger partial charge in [-0.25, -0.2) is 4.98 Å². The molecule has 104 valence electrons. The van der Waals surface area contributed by atoms with Crippen molar-refractivity contribution in [3.63, 3.8) is 0 Å². The van der Waals surface area contributed by atoms with Crippen molar-refractivity contribution >= 4 is 23.6 Å². The van der Waals surface area contributed by atoms with Gasteiger partial charge in [0.05, 0.1) is 18.8 Å². The van der Waals surface area contributed by atoms with E-state index in [2.05, 4.69) is 4.98 Å². The largest absolute Gasteiger partial charge is 0.481 e. The molecule has 6 nitrogen and oxygen atoms in total. The van der Waals surface area contributed by atoms with E-state index in [4.69, 9.17) is 5.11 Å². The van der Waals surface area contributed by atoms with Gasteiger partial charge >= 0.3 is 5.97 Å². The summed E-state index contributed by atoms with van der Waals surface area (Å²) in [4.78, 5) is 28.6. The number of carbonyl (C=O) groups excluding carboxylic acids is 1. The second-order valence-corrected chi connectivity index (χ2v) is 5.61. The van der Waals surface area contributed by atoms with E-state index in [1.807, 2.05) is 10.8 Å². The molecule has 1 fully saturated rings. The molecule has 1 saturated heterocycles. The Morgan fingerprint density at radius 1 is 1.47 bits per heavy atom. The first kappa shape index (κ1) is 13.9. The van der Waals surface area contributed by atoms with Crippen LogP contribution in [0.5, 0.6) is 0 Å². The maximum absolute atomic E-state index is 12.2. The first-order valence-corrected chi connectivity index (χ1v) is 7.37. The molecule has 1 aliphatic heterocycles. The molecule has 7 heteroatoms. The first-order valence-electron chi connectivity index (χ1n) is 6.21. The van der Waals surface area contributed by atoms with Gasteiger partial charge in [-0.3, -0.25) is 9.59 Å². The lowest BCUT2D eigenvalue weighted by atomic mass is 10.2. The molecule has 1 aromatic heterocycles. The van der Waals surface area contributed by atoms with Gasteiger partial charge in [-0.15, -0.1) is 0 Å². The van der Waals surface area contributed by atoms with Crippen molar-refractivity contribution in [3.8, 4) is 0 Å². The lowest BCUT2D eigenvalue weighted by Crippen LogP contribution is -2.47. The highest BCUT2D eigenvalue weighted by molar-refractivity contribution is 7.99. The highest BCUT2D eigenvalue weighted by Gasteiger charge is 2.28. The summed E-state index contributed by atoms with van der Waals surface area (Å²) in [5, 5.41) is 8.89. The smallest absolute Gasteiger partial charge is 0.305 e. The number of hydrogen-bond acceptors (Lipinski definition) is 4. The predicted octanol–water partition coefficient (Wildman–Crippen LogP) is 0.692. The fourth-order valence-electron chi connectivity index (χ4n) is 2.14. The van der Waals surface area contributed by atoms with Crippen molar-refractivity contribution < 1.29 is 14.7 Å². The number of amides is 1. The van der Waals surface area contributed by atoms with Crippen LogP contribution in [0.3, 0.4) is 0 Å². The van der Waals surface area contributed by atoms with E-state index >= 15 is 0 Å².